The van der Waals surface area contributed by atoms with Crippen LogP contribution >= 0.6 is 45.3 Å². The number of fused-ring (bicyclic) bond motifs is 1. The Morgan fingerprint density at radius 3 is 1.69 bits per heavy atom. The maximum absolute atomic E-state index is 8.98. The average molecular weight is 485 g/mol. The van der Waals surface area contributed by atoms with Crippen molar-refractivity contribution in [2.45, 2.75) is 13.8 Å². The molecular weight excluding hydrogens is 473 g/mol. The molecule has 0 amide bonds. The monoisotopic (exact) mass is 484 g/mol. The highest BCUT2D eigenvalue weighted by Gasteiger charge is 2.20. The van der Waals surface area contributed by atoms with E-state index in [1.165, 1.54) is 30.3 Å². The van der Waals surface area contributed by atoms with Gasteiger partial charge in [-0.2, -0.15) is 20.2 Å². The number of nitriles is 2. The van der Waals surface area contributed by atoms with Crippen LogP contribution in [-0.2, 0) is 0 Å². The molecule has 0 spiro atoms. The lowest BCUT2D eigenvalue weighted by molar-refractivity contribution is 1.47. The van der Waals surface area contributed by atoms with Gasteiger partial charge in [0.05, 0.1) is 0 Å². The first kappa shape index (κ1) is 21.7. The average Bonchev–Trinajstić information content (AvgIpc) is 3.57. The quantitative estimate of drug-likeness (QED) is 0.215. The fourth-order valence-corrected chi connectivity index (χ4v) is 8.20. The normalized spacial score (nSPS) is 10.1. The Morgan fingerprint density at radius 1 is 0.781 bits per heavy atom. The van der Waals surface area contributed by atoms with E-state index < -0.39 is 0 Å². The van der Waals surface area contributed by atoms with Crippen LogP contribution in [0.2, 0.25) is 0 Å². The second-order valence-corrected chi connectivity index (χ2v) is 11.0. The number of hydrogen-bond acceptors (Lipinski definition) is 6. The zero-order chi connectivity index (χ0) is 22.8. The van der Waals surface area contributed by atoms with Crippen LogP contribution in [0.15, 0.2) is 35.7 Å². The van der Waals surface area contributed by atoms with Crippen molar-refractivity contribution in [3.8, 4) is 31.6 Å². The predicted molar refractivity (Wildman–Crippen MR) is 136 cm³/mol. The molecule has 0 atom stereocenters. The molecule has 0 aliphatic heterocycles. The Labute approximate surface area is 201 Å². The van der Waals surface area contributed by atoms with E-state index in [9.17, 15) is 0 Å². The summed E-state index contributed by atoms with van der Waals surface area (Å²) in [5.41, 5.74) is 2.58. The van der Waals surface area contributed by atoms with Crippen molar-refractivity contribution < 1.29 is 0 Å². The zero-order valence-corrected chi connectivity index (χ0v) is 20.2. The summed E-state index contributed by atoms with van der Waals surface area (Å²) in [7, 11) is 0. The lowest BCUT2D eigenvalue weighted by Crippen LogP contribution is -1.70. The largest absolute Gasteiger partial charge is 0.520 e. The summed E-state index contributed by atoms with van der Waals surface area (Å²) in [5, 5.41) is 18.0. The summed E-state index contributed by atoms with van der Waals surface area (Å²) in [5.74, 6) is 0.0737. The van der Waals surface area contributed by atoms with E-state index in [2.05, 4.69) is 29.6 Å². The van der Waals surface area contributed by atoms with E-state index >= 15 is 0 Å². The number of nitrogens with zero attached hydrogens (tertiary/aromatic N) is 4. The molecule has 0 aliphatic carbocycles. The van der Waals surface area contributed by atoms with E-state index in [1.807, 2.05) is 30.3 Å². The molecule has 8 heteroatoms. The van der Waals surface area contributed by atoms with Gasteiger partial charge in [-0.1, -0.05) is 0 Å². The summed E-state index contributed by atoms with van der Waals surface area (Å²) >= 11 is 6.72. The zero-order valence-electron chi connectivity index (χ0n) is 16.9. The smallest absolute Gasteiger partial charge is 0.192 e. The minimum Gasteiger partial charge on any atom is -0.192 e. The van der Waals surface area contributed by atoms with Gasteiger partial charge in [0.25, 0.3) is 0 Å². The molecule has 4 nitrogen and oxygen atoms in total. The molecule has 4 aromatic heterocycles. The summed E-state index contributed by atoms with van der Waals surface area (Å²) < 4.78 is 2.54. The second kappa shape index (κ2) is 8.93. The maximum Gasteiger partial charge on any atom is 0.520 e. The van der Waals surface area contributed by atoms with Crippen LogP contribution in [0, 0.1) is 49.7 Å². The molecule has 0 aliphatic rings. The SMILES string of the molecule is [C-]#[N+]C(=Cc1ccc(-c2sc3c(C)c(-c4ccc(C=C(C#N)C#N)s4)sc3c2C)s1)[N+]#[C-]. The number of thiophene rings is 4. The van der Waals surface area contributed by atoms with Crippen LogP contribution in [0.1, 0.15) is 20.9 Å². The molecule has 0 radical (unpaired) electrons. The Balaban J connectivity index is 1.72. The molecule has 0 saturated carbocycles. The van der Waals surface area contributed by atoms with Gasteiger partial charge in [0.2, 0.25) is 0 Å². The fourth-order valence-electron chi connectivity index (χ4n) is 3.17. The van der Waals surface area contributed by atoms with Crippen molar-refractivity contribution in [3.05, 3.63) is 79.4 Å². The van der Waals surface area contributed by atoms with Gasteiger partial charge < -0.3 is 0 Å². The molecule has 0 saturated heterocycles. The van der Waals surface area contributed by atoms with Crippen LogP contribution in [0.4, 0.5) is 0 Å². The first-order valence-electron chi connectivity index (χ1n) is 9.20. The Morgan fingerprint density at radius 2 is 1.25 bits per heavy atom. The van der Waals surface area contributed by atoms with Crippen molar-refractivity contribution in [1.29, 1.82) is 10.5 Å². The lowest BCUT2D eigenvalue weighted by atomic mass is 10.2. The fraction of sp³-hybridized carbons (Fsp3) is 0.0833. The van der Waals surface area contributed by atoms with Crippen LogP contribution in [-0.4, -0.2) is 0 Å². The molecule has 0 N–H and O–H groups in total. The van der Waals surface area contributed by atoms with Gasteiger partial charge in [-0.15, -0.1) is 45.3 Å². The molecule has 4 aromatic rings. The Hall–Kier alpha value is -3.50. The summed E-state index contributed by atoms with van der Waals surface area (Å²) in [6.45, 7) is 18.4. The molecule has 0 unspecified atom stereocenters. The first-order valence-corrected chi connectivity index (χ1v) is 12.5. The van der Waals surface area contributed by atoms with Gasteiger partial charge in [-0.3, -0.25) is 0 Å². The molecular formula is C24H12N4S4. The van der Waals surface area contributed by atoms with Crippen molar-refractivity contribution in [3.63, 3.8) is 0 Å². The van der Waals surface area contributed by atoms with E-state index in [1.54, 1.807) is 57.5 Å². The third-order valence-corrected chi connectivity index (χ3v) is 10.1. The van der Waals surface area contributed by atoms with E-state index in [0.29, 0.717) is 0 Å². The van der Waals surface area contributed by atoms with Gasteiger partial charge in [0.1, 0.15) is 30.9 Å². The van der Waals surface area contributed by atoms with Gasteiger partial charge in [0, 0.05) is 44.7 Å². The van der Waals surface area contributed by atoms with Crippen LogP contribution in [0.3, 0.4) is 0 Å². The minimum atomic E-state index is 0.0737. The van der Waals surface area contributed by atoms with Crippen LogP contribution < -0.4 is 0 Å². The molecule has 4 heterocycles. The molecule has 0 aromatic carbocycles. The lowest BCUT2D eigenvalue weighted by Gasteiger charge is -1.97. The molecule has 152 valence electrons. The van der Waals surface area contributed by atoms with Gasteiger partial charge in [-0.05, 0) is 55.3 Å². The number of aryl methyl sites for hydroxylation is 2. The highest BCUT2D eigenvalue weighted by atomic mass is 32.1. The standard InChI is InChI=1S/C24H12N4S4/c1-13-21(18-7-5-16(29-18)9-15(11-25)12-26)31-24-14(2)22(32-23(13)24)19-8-6-17(30-19)10-20(27-3)28-4/h5-10H,1-2H3. The topological polar surface area (TPSA) is 56.3 Å². The summed E-state index contributed by atoms with van der Waals surface area (Å²) in [6.07, 6.45) is 3.26. The number of rotatable bonds is 4. The maximum atomic E-state index is 8.98. The van der Waals surface area contributed by atoms with Gasteiger partial charge >= 0.3 is 5.82 Å². The number of allylic oxidation sites excluding steroid dienone is 1. The molecule has 4 rings (SSSR count). The predicted octanol–water partition coefficient (Wildman–Crippen LogP) is 8.60. The molecule has 0 bridgehead atoms. The van der Waals surface area contributed by atoms with Crippen molar-refractivity contribution >= 4 is 66.9 Å². The van der Waals surface area contributed by atoms with E-state index in [4.69, 9.17) is 23.7 Å². The third kappa shape index (κ3) is 3.90. The van der Waals surface area contributed by atoms with Crippen LogP contribution in [0.5, 0.6) is 0 Å². The van der Waals surface area contributed by atoms with Gasteiger partial charge in [-0.25, -0.2) is 0 Å². The highest BCUT2D eigenvalue weighted by Crippen LogP contribution is 2.50. The van der Waals surface area contributed by atoms with Gasteiger partial charge in [0.15, 0.2) is 0 Å². The summed E-state index contributed by atoms with van der Waals surface area (Å²) in [6, 6.07) is 11.8. The highest BCUT2D eigenvalue weighted by molar-refractivity contribution is 7.34. The van der Waals surface area contributed by atoms with E-state index in [0.717, 1.165) is 19.5 Å². The van der Waals surface area contributed by atoms with E-state index in [-0.39, 0.29) is 11.4 Å². The second-order valence-electron chi connectivity index (χ2n) is 6.68. The number of hydrogen-bond donors (Lipinski definition) is 0. The molecule has 0 fully saturated rings. The van der Waals surface area contributed by atoms with Crippen LogP contribution in [0.25, 0.3) is 50.8 Å². The van der Waals surface area contributed by atoms with Crippen molar-refractivity contribution in [2.75, 3.05) is 0 Å². The Bertz CT molecular complexity index is 1440. The third-order valence-electron chi connectivity index (χ3n) is 4.71. The van der Waals surface area contributed by atoms with Crippen molar-refractivity contribution in [2.24, 2.45) is 0 Å². The summed E-state index contributed by atoms with van der Waals surface area (Å²) in [4.78, 5) is 13.0. The van der Waals surface area contributed by atoms with Crippen molar-refractivity contribution in [1.82, 2.24) is 0 Å². The first-order chi connectivity index (χ1) is 15.5. The Kier molecular flexibility index (Phi) is 6.06. The molecule has 32 heavy (non-hydrogen) atoms. The minimum absolute atomic E-state index is 0.0737.